The molecule has 0 aromatic heterocycles. The zero-order chi connectivity index (χ0) is 14.1. The largest absolute Gasteiger partial charge is 0.427 e. The molecule has 2 bridgehead atoms. The first-order chi connectivity index (χ1) is 9.61. The first kappa shape index (κ1) is 13.4. The fourth-order valence-corrected chi connectivity index (χ4v) is 3.36. The lowest BCUT2D eigenvalue weighted by molar-refractivity contribution is -0.135. The van der Waals surface area contributed by atoms with Gasteiger partial charge in [-0.2, -0.15) is 0 Å². The fraction of sp³-hybridized carbons (Fsp3) is 0.471. The second-order valence-corrected chi connectivity index (χ2v) is 6.08. The van der Waals surface area contributed by atoms with Crippen LogP contribution in [0.5, 0.6) is 5.75 Å². The maximum Gasteiger partial charge on any atom is 0.311 e. The molecule has 3 heteroatoms. The molecule has 2 aliphatic rings. The molecule has 2 aliphatic carbocycles. The van der Waals surface area contributed by atoms with Crippen LogP contribution in [0.3, 0.4) is 0 Å². The number of rotatable bonds is 4. The number of hydrogen-bond donors (Lipinski definition) is 1. The van der Waals surface area contributed by atoms with Crippen molar-refractivity contribution in [1.29, 1.82) is 0 Å². The molecule has 4 atom stereocenters. The van der Waals surface area contributed by atoms with Gasteiger partial charge in [0.1, 0.15) is 5.75 Å². The lowest BCUT2D eigenvalue weighted by Crippen LogP contribution is -2.17. The van der Waals surface area contributed by atoms with E-state index in [4.69, 9.17) is 10.5 Å². The van der Waals surface area contributed by atoms with Gasteiger partial charge in [-0.1, -0.05) is 24.3 Å². The van der Waals surface area contributed by atoms with Gasteiger partial charge in [-0.25, -0.2) is 0 Å². The van der Waals surface area contributed by atoms with Crippen molar-refractivity contribution in [2.45, 2.75) is 32.2 Å². The van der Waals surface area contributed by atoms with Crippen LogP contribution in [0, 0.1) is 17.8 Å². The minimum absolute atomic E-state index is 0.000535. The summed E-state index contributed by atoms with van der Waals surface area (Å²) in [7, 11) is 0. The highest BCUT2D eigenvalue weighted by atomic mass is 16.5. The van der Waals surface area contributed by atoms with Crippen LogP contribution in [0.2, 0.25) is 0 Å². The van der Waals surface area contributed by atoms with Gasteiger partial charge in [0.15, 0.2) is 0 Å². The molecular weight excluding hydrogens is 250 g/mol. The Kier molecular flexibility index (Phi) is 3.62. The minimum atomic E-state index is -0.121. The Labute approximate surface area is 119 Å². The summed E-state index contributed by atoms with van der Waals surface area (Å²) < 4.78 is 5.41. The van der Waals surface area contributed by atoms with Crippen LogP contribution in [-0.4, -0.2) is 5.97 Å². The normalized spacial score (nSPS) is 28.6. The number of allylic oxidation sites excluding steroid dienone is 2. The standard InChI is InChI=1S/C17H21NO2/c1-11(18)13-4-6-16(7-5-13)20-17(19)10-15-9-12-2-3-14(15)8-12/h2-7,11-12,14-15H,8-10,18H2,1H3. The lowest BCUT2D eigenvalue weighted by atomic mass is 9.91. The van der Waals surface area contributed by atoms with Crippen molar-refractivity contribution in [2.24, 2.45) is 23.5 Å². The van der Waals surface area contributed by atoms with Gasteiger partial charge in [0.25, 0.3) is 0 Å². The van der Waals surface area contributed by atoms with Gasteiger partial charge in [-0.15, -0.1) is 0 Å². The van der Waals surface area contributed by atoms with Gasteiger partial charge in [-0.05, 0) is 55.2 Å². The number of benzene rings is 1. The highest BCUT2D eigenvalue weighted by Crippen LogP contribution is 2.44. The summed E-state index contributed by atoms with van der Waals surface area (Å²) in [6.07, 6.45) is 7.45. The van der Waals surface area contributed by atoms with E-state index in [9.17, 15) is 4.79 Å². The van der Waals surface area contributed by atoms with Crippen molar-refractivity contribution in [1.82, 2.24) is 0 Å². The molecule has 1 saturated carbocycles. The van der Waals surface area contributed by atoms with E-state index in [1.807, 2.05) is 31.2 Å². The number of carbonyl (C=O) groups is 1. The Morgan fingerprint density at radius 1 is 1.30 bits per heavy atom. The summed E-state index contributed by atoms with van der Waals surface area (Å²) in [4.78, 5) is 12.0. The molecule has 1 aromatic carbocycles. The van der Waals surface area contributed by atoms with Crippen LogP contribution >= 0.6 is 0 Å². The summed E-state index contributed by atoms with van der Waals surface area (Å²) in [5, 5.41) is 0. The predicted molar refractivity (Wildman–Crippen MR) is 78.1 cm³/mol. The second-order valence-electron chi connectivity index (χ2n) is 6.08. The van der Waals surface area contributed by atoms with E-state index in [1.54, 1.807) is 0 Å². The van der Waals surface area contributed by atoms with E-state index >= 15 is 0 Å². The molecule has 4 unspecified atom stereocenters. The third-order valence-electron chi connectivity index (χ3n) is 4.48. The molecule has 3 nitrogen and oxygen atoms in total. The minimum Gasteiger partial charge on any atom is -0.427 e. The van der Waals surface area contributed by atoms with Crippen LogP contribution in [0.1, 0.15) is 37.8 Å². The van der Waals surface area contributed by atoms with Crippen molar-refractivity contribution in [3.05, 3.63) is 42.0 Å². The first-order valence-electron chi connectivity index (χ1n) is 7.36. The fourth-order valence-electron chi connectivity index (χ4n) is 3.36. The summed E-state index contributed by atoms with van der Waals surface area (Å²) in [6, 6.07) is 7.45. The number of fused-ring (bicyclic) bond motifs is 2. The Morgan fingerprint density at radius 2 is 2.05 bits per heavy atom. The molecule has 0 heterocycles. The summed E-state index contributed by atoms with van der Waals surface area (Å²) >= 11 is 0. The van der Waals surface area contributed by atoms with Gasteiger partial charge >= 0.3 is 5.97 Å². The third-order valence-corrected chi connectivity index (χ3v) is 4.48. The van der Waals surface area contributed by atoms with Crippen molar-refractivity contribution >= 4 is 5.97 Å². The molecule has 0 amide bonds. The highest BCUT2D eigenvalue weighted by molar-refractivity contribution is 5.72. The molecule has 106 valence electrons. The maximum atomic E-state index is 12.0. The monoisotopic (exact) mass is 271 g/mol. The average molecular weight is 271 g/mol. The molecule has 20 heavy (non-hydrogen) atoms. The molecule has 1 aromatic rings. The van der Waals surface area contributed by atoms with Crippen LogP contribution in [0.4, 0.5) is 0 Å². The van der Waals surface area contributed by atoms with E-state index in [-0.39, 0.29) is 12.0 Å². The summed E-state index contributed by atoms with van der Waals surface area (Å²) in [5.74, 6) is 2.25. The maximum absolute atomic E-state index is 12.0. The number of carbonyl (C=O) groups excluding carboxylic acids is 1. The molecule has 0 spiro atoms. The van der Waals surface area contributed by atoms with Crippen LogP contribution < -0.4 is 10.5 Å². The summed E-state index contributed by atoms with van der Waals surface area (Å²) in [6.45, 7) is 1.93. The summed E-state index contributed by atoms with van der Waals surface area (Å²) in [5.41, 5.74) is 6.84. The first-order valence-corrected chi connectivity index (χ1v) is 7.36. The number of ether oxygens (including phenoxy) is 1. The quantitative estimate of drug-likeness (QED) is 0.519. The predicted octanol–water partition coefficient (Wildman–Crippen LogP) is 3.21. The van der Waals surface area contributed by atoms with Gasteiger partial charge in [0.2, 0.25) is 0 Å². The van der Waals surface area contributed by atoms with Crippen molar-refractivity contribution in [2.75, 3.05) is 0 Å². The number of nitrogens with two attached hydrogens (primary N) is 1. The van der Waals surface area contributed by atoms with Gasteiger partial charge in [-0.3, -0.25) is 4.79 Å². The van der Waals surface area contributed by atoms with Gasteiger partial charge in [0, 0.05) is 12.5 Å². The zero-order valence-corrected chi connectivity index (χ0v) is 11.8. The molecule has 2 N–H and O–H groups in total. The molecule has 0 aliphatic heterocycles. The second kappa shape index (κ2) is 5.41. The van der Waals surface area contributed by atoms with Crippen molar-refractivity contribution in [3.63, 3.8) is 0 Å². The lowest BCUT2D eigenvalue weighted by Gasteiger charge is -2.16. The van der Waals surface area contributed by atoms with E-state index in [0.717, 1.165) is 12.0 Å². The SMILES string of the molecule is CC(N)c1ccc(OC(=O)CC2CC3C=CC2C3)cc1. The van der Waals surface area contributed by atoms with E-state index < -0.39 is 0 Å². The van der Waals surface area contributed by atoms with E-state index in [0.29, 0.717) is 29.9 Å². The Hall–Kier alpha value is -1.61. The van der Waals surface area contributed by atoms with Crippen molar-refractivity contribution < 1.29 is 9.53 Å². The number of hydrogen-bond acceptors (Lipinski definition) is 3. The zero-order valence-electron chi connectivity index (χ0n) is 11.8. The topological polar surface area (TPSA) is 52.3 Å². The molecule has 0 radical (unpaired) electrons. The molecule has 0 saturated heterocycles. The van der Waals surface area contributed by atoms with E-state index in [2.05, 4.69) is 12.2 Å². The van der Waals surface area contributed by atoms with Crippen molar-refractivity contribution in [3.8, 4) is 5.75 Å². The molecular formula is C17H21NO2. The van der Waals surface area contributed by atoms with Crippen LogP contribution in [0.15, 0.2) is 36.4 Å². The third kappa shape index (κ3) is 2.78. The van der Waals surface area contributed by atoms with Gasteiger partial charge < -0.3 is 10.5 Å². The molecule has 3 rings (SSSR count). The number of esters is 1. The average Bonchev–Trinajstić information content (AvgIpc) is 3.01. The Morgan fingerprint density at radius 3 is 2.60 bits per heavy atom. The van der Waals surface area contributed by atoms with E-state index in [1.165, 1.54) is 6.42 Å². The smallest absolute Gasteiger partial charge is 0.311 e. The van der Waals surface area contributed by atoms with Gasteiger partial charge in [0.05, 0.1) is 0 Å². The highest BCUT2D eigenvalue weighted by Gasteiger charge is 2.36. The Bertz CT molecular complexity index is 518. The Balaban J connectivity index is 1.55. The molecule has 1 fully saturated rings. The van der Waals surface area contributed by atoms with Crippen LogP contribution in [0.25, 0.3) is 0 Å². The van der Waals surface area contributed by atoms with Crippen LogP contribution in [-0.2, 0) is 4.79 Å².